The van der Waals surface area contributed by atoms with Crippen LogP contribution in [-0.2, 0) is 9.53 Å². The maximum absolute atomic E-state index is 12.6. The van der Waals surface area contributed by atoms with Crippen molar-refractivity contribution in [3.05, 3.63) is 29.8 Å². The van der Waals surface area contributed by atoms with Crippen molar-refractivity contribution in [1.82, 2.24) is 10.2 Å². The Labute approximate surface area is 132 Å². The van der Waals surface area contributed by atoms with Gasteiger partial charge >= 0.3 is 0 Å². The first-order valence-corrected chi connectivity index (χ1v) is 8.01. The van der Waals surface area contributed by atoms with Crippen LogP contribution in [0.3, 0.4) is 0 Å². The second kappa shape index (κ2) is 6.36. The van der Waals surface area contributed by atoms with Crippen molar-refractivity contribution in [2.24, 2.45) is 0 Å². The number of amides is 1. The van der Waals surface area contributed by atoms with E-state index in [2.05, 4.69) is 22.6 Å². The van der Waals surface area contributed by atoms with E-state index in [9.17, 15) is 4.79 Å². The minimum atomic E-state index is -0.405. The number of morpholine rings is 1. The summed E-state index contributed by atoms with van der Waals surface area (Å²) in [5.41, 5.74) is 1.79. The zero-order valence-electron chi connectivity index (χ0n) is 13.4. The molecule has 22 heavy (non-hydrogen) atoms. The Hall–Kier alpha value is -1.43. The van der Waals surface area contributed by atoms with Gasteiger partial charge in [-0.05, 0) is 57.6 Å². The van der Waals surface area contributed by atoms with Crippen molar-refractivity contribution < 1.29 is 9.53 Å². The highest BCUT2D eigenvalue weighted by molar-refractivity contribution is 5.94. The van der Waals surface area contributed by atoms with E-state index in [1.807, 2.05) is 31.2 Å². The summed E-state index contributed by atoms with van der Waals surface area (Å²) in [6.45, 7) is 5.49. The minimum Gasteiger partial charge on any atom is -0.359 e. The van der Waals surface area contributed by atoms with E-state index in [1.54, 1.807) is 0 Å². The lowest BCUT2D eigenvalue weighted by Gasteiger charge is -2.46. The Morgan fingerprint density at radius 2 is 2.18 bits per heavy atom. The first kappa shape index (κ1) is 15.5. The lowest BCUT2D eigenvalue weighted by Crippen LogP contribution is -2.60. The van der Waals surface area contributed by atoms with Crippen LogP contribution < -0.4 is 10.6 Å². The second-order valence-electron chi connectivity index (χ2n) is 6.59. The first-order valence-electron chi connectivity index (χ1n) is 8.01. The molecule has 0 unspecified atom stereocenters. The Morgan fingerprint density at radius 1 is 1.41 bits per heavy atom. The fourth-order valence-corrected chi connectivity index (χ4v) is 3.46. The monoisotopic (exact) mass is 303 g/mol. The van der Waals surface area contributed by atoms with Crippen LogP contribution in [0.15, 0.2) is 24.3 Å². The van der Waals surface area contributed by atoms with Gasteiger partial charge in [0.05, 0.1) is 5.60 Å². The van der Waals surface area contributed by atoms with E-state index in [0.29, 0.717) is 6.54 Å². The number of carbonyl (C=O) groups is 1. The number of rotatable bonds is 2. The number of piperidine rings is 1. The number of nitrogens with zero attached hydrogens (tertiary/aromatic N) is 1. The maximum Gasteiger partial charge on any atom is 0.254 e. The summed E-state index contributed by atoms with van der Waals surface area (Å²) in [4.78, 5) is 14.8. The molecule has 0 bridgehead atoms. The molecule has 1 atom stereocenters. The average molecular weight is 303 g/mol. The molecule has 2 N–H and O–H groups in total. The molecule has 1 amide bonds. The third-order valence-corrected chi connectivity index (χ3v) is 4.52. The van der Waals surface area contributed by atoms with Crippen LogP contribution >= 0.6 is 0 Å². The Balaban J connectivity index is 1.68. The van der Waals surface area contributed by atoms with E-state index in [4.69, 9.17) is 4.74 Å². The van der Waals surface area contributed by atoms with Gasteiger partial charge in [0.2, 0.25) is 0 Å². The molecule has 2 fully saturated rings. The van der Waals surface area contributed by atoms with Crippen molar-refractivity contribution in [1.29, 1.82) is 0 Å². The molecule has 120 valence electrons. The van der Waals surface area contributed by atoms with Crippen molar-refractivity contribution >= 4 is 11.6 Å². The van der Waals surface area contributed by atoms with Gasteiger partial charge in [-0.1, -0.05) is 12.1 Å². The molecule has 0 aromatic heterocycles. The first-order chi connectivity index (χ1) is 10.6. The molecule has 3 rings (SSSR count). The average Bonchev–Trinajstić information content (AvgIpc) is 2.47. The van der Waals surface area contributed by atoms with E-state index in [1.165, 1.54) is 0 Å². The second-order valence-corrected chi connectivity index (χ2v) is 6.59. The highest BCUT2D eigenvalue weighted by atomic mass is 16.5. The summed E-state index contributed by atoms with van der Waals surface area (Å²) < 4.78 is 6.26. The summed E-state index contributed by atoms with van der Waals surface area (Å²) in [5.74, 6) is -0.0462. The van der Waals surface area contributed by atoms with Crippen molar-refractivity contribution in [3.8, 4) is 0 Å². The maximum atomic E-state index is 12.6. The number of aryl methyl sites for hydroxylation is 1. The number of likely N-dealkylation sites (N-methyl/N-ethyl adjacent to an activating group) is 1. The van der Waals surface area contributed by atoms with Gasteiger partial charge < -0.3 is 20.3 Å². The minimum absolute atomic E-state index is 0.0462. The van der Waals surface area contributed by atoms with Crippen molar-refractivity contribution in [2.45, 2.75) is 31.5 Å². The van der Waals surface area contributed by atoms with Crippen LogP contribution in [0, 0.1) is 6.92 Å². The quantitative estimate of drug-likeness (QED) is 0.867. The summed E-state index contributed by atoms with van der Waals surface area (Å²) >= 11 is 0. The molecule has 0 saturated carbocycles. The normalized spacial score (nSPS) is 25.1. The number of carbonyl (C=O) groups excluding carboxylic acids is 1. The molecular weight excluding hydrogens is 278 g/mol. The molecule has 1 aromatic rings. The van der Waals surface area contributed by atoms with Gasteiger partial charge in [0.1, 0.15) is 6.10 Å². The van der Waals surface area contributed by atoms with E-state index in [-0.39, 0.29) is 11.5 Å². The molecule has 0 radical (unpaired) electrons. The van der Waals surface area contributed by atoms with Crippen LogP contribution in [0.4, 0.5) is 5.69 Å². The zero-order valence-corrected chi connectivity index (χ0v) is 13.4. The molecular formula is C17H25N3O2. The molecule has 2 aliphatic rings. The molecule has 1 spiro atoms. The Kier molecular flexibility index (Phi) is 4.47. The molecule has 5 heteroatoms. The summed E-state index contributed by atoms with van der Waals surface area (Å²) in [5, 5.41) is 6.35. The number of nitrogens with one attached hydrogen (secondary N) is 2. The van der Waals surface area contributed by atoms with Crippen molar-refractivity contribution in [2.75, 3.05) is 38.5 Å². The number of ether oxygens (including phenoxy) is 1. The van der Waals surface area contributed by atoms with Gasteiger partial charge in [-0.2, -0.15) is 0 Å². The molecule has 0 aliphatic carbocycles. The predicted octanol–water partition coefficient (Wildman–Crippen LogP) is 1.39. The standard InChI is InChI=1S/C17H25N3O2/c1-13-4-3-5-14(10-13)19-16(21)15-11-20(2)12-17(22-15)6-8-18-9-7-17/h3-5,10,15,18H,6-9,11-12H2,1-2H3,(H,19,21)/t15-/m0/s1. The lowest BCUT2D eigenvalue weighted by atomic mass is 9.89. The van der Waals surface area contributed by atoms with E-state index < -0.39 is 6.10 Å². The van der Waals surface area contributed by atoms with Crippen LogP contribution in [0.2, 0.25) is 0 Å². The third-order valence-electron chi connectivity index (χ3n) is 4.52. The van der Waals surface area contributed by atoms with Crippen LogP contribution in [0.25, 0.3) is 0 Å². The fourth-order valence-electron chi connectivity index (χ4n) is 3.46. The number of hydrogen-bond donors (Lipinski definition) is 2. The predicted molar refractivity (Wildman–Crippen MR) is 87.0 cm³/mol. The SMILES string of the molecule is Cc1cccc(NC(=O)[C@@H]2CN(C)CC3(CCNCC3)O2)c1. The molecule has 2 saturated heterocycles. The van der Waals surface area contributed by atoms with Crippen LogP contribution in [-0.4, -0.2) is 55.7 Å². The topological polar surface area (TPSA) is 53.6 Å². The van der Waals surface area contributed by atoms with Gasteiger partial charge in [-0.3, -0.25) is 4.79 Å². The van der Waals surface area contributed by atoms with Gasteiger partial charge in [0.15, 0.2) is 0 Å². The summed E-state index contributed by atoms with van der Waals surface area (Å²) in [6.07, 6.45) is 1.52. The summed E-state index contributed by atoms with van der Waals surface area (Å²) in [6, 6.07) is 7.86. The number of hydrogen-bond acceptors (Lipinski definition) is 4. The molecule has 2 aliphatic heterocycles. The highest BCUT2D eigenvalue weighted by Gasteiger charge is 2.42. The van der Waals surface area contributed by atoms with Gasteiger partial charge in [0, 0.05) is 18.8 Å². The molecule has 1 aromatic carbocycles. The molecule has 5 nitrogen and oxygen atoms in total. The number of anilines is 1. The van der Waals surface area contributed by atoms with Crippen LogP contribution in [0.1, 0.15) is 18.4 Å². The van der Waals surface area contributed by atoms with Crippen molar-refractivity contribution in [3.63, 3.8) is 0 Å². The Bertz CT molecular complexity index is 540. The van der Waals surface area contributed by atoms with E-state index >= 15 is 0 Å². The zero-order chi connectivity index (χ0) is 15.6. The fraction of sp³-hybridized carbons (Fsp3) is 0.588. The van der Waals surface area contributed by atoms with Gasteiger partial charge in [0.25, 0.3) is 5.91 Å². The molecule has 2 heterocycles. The third kappa shape index (κ3) is 3.48. The van der Waals surface area contributed by atoms with E-state index in [0.717, 1.165) is 43.7 Å². The Morgan fingerprint density at radius 3 is 2.91 bits per heavy atom. The largest absolute Gasteiger partial charge is 0.359 e. The smallest absolute Gasteiger partial charge is 0.254 e. The number of benzene rings is 1. The summed E-state index contributed by atoms with van der Waals surface area (Å²) in [7, 11) is 2.07. The highest BCUT2D eigenvalue weighted by Crippen LogP contribution is 2.30. The van der Waals surface area contributed by atoms with Gasteiger partial charge in [-0.15, -0.1) is 0 Å². The van der Waals surface area contributed by atoms with Crippen LogP contribution in [0.5, 0.6) is 0 Å². The van der Waals surface area contributed by atoms with Gasteiger partial charge in [-0.25, -0.2) is 0 Å². The lowest BCUT2D eigenvalue weighted by molar-refractivity contribution is -0.172.